The Hall–Kier alpha value is -1.41. The molecule has 0 saturated carbocycles. The molecule has 0 saturated heterocycles. The van der Waals surface area contributed by atoms with E-state index < -0.39 is 22.0 Å². The van der Waals surface area contributed by atoms with E-state index in [1.54, 1.807) is 6.92 Å². The molecule has 90 valence electrons. The average molecular weight is 246 g/mol. The third kappa shape index (κ3) is 2.58. The summed E-state index contributed by atoms with van der Waals surface area (Å²) in [5.41, 5.74) is 0.427. The zero-order valence-electron chi connectivity index (χ0n) is 9.23. The van der Waals surface area contributed by atoms with Gasteiger partial charge in [0.25, 0.3) is 0 Å². The van der Waals surface area contributed by atoms with Gasteiger partial charge in [-0.25, -0.2) is 8.42 Å². The zero-order chi connectivity index (χ0) is 12.3. The van der Waals surface area contributed by atoms with Gasteiger partial charge in [0.1, 0.15) is 4.90 Å². The smallest absolute Gasteiger partial charge is 0.244 e. The molecule has 0 bridgehead atoms. The summed E-state index contributed by atoms with van der Waals surface area (Å²) >= 11 is 0. The summed E-state index contributed by atoms with van der Waals surface area (Å²) in [7, 11) is -2.27. The molecule has 0 fully saturated rings. The molecule has 0 aromatic carbocycles. The monoisotopic (exact) mass is 246 g/mol. The van der Waals surface area contributed by atoms with E-state index >= 15 is 0 Å². The van der Waals surface area contributed by atoms with Gasteiger partial charge in [-0.15, -0.1) is 0 Å². The molecule has 7 nitrogen and oxygen atoms in total. The predicted octanol–water partition coefficient (Wildman–Crippen LogP) is -0.869. The minimum absolute atomic E-state index is 0.0447. The Labute approximate surface area is 93.7 Å². The van der Waals surface area contributed by atoms with Gasteiger partial charge >= 0.3 is 0 Å². The summed E-state index contributed by atoms with van der Waals surface area (Å²) in [5.74, 6) is -0.398. The van der Waals surface area contributed by atoms with Crippen LogP contribution in [0, 0.1) is 6.92 Å². The lowest BCUT2D eigenvalue weighted by atomic mass is 10.3. The first-order chi connectivity index (χ1) is 7.38. The number of sulfonamides is 1. The molecule has 3 N–H and O–H groups in total. The third-order valence-electron chi connectivity index (χ3n) is 2.04. The van der Waals surface area contributed by atoms with E-state index in [0.29, 0.717) is 5.69 Å². The molecule has 0 spiro atoms. The molecule has 1 aromatic rings. The van der Waals surface area contributed by atoms with Gasteiger partial charge in [-0.1, -0.05) is 0 Å². The van der Waals surface area contributed by atoms with Crippen molar-refractivity contribution in [1.29, 1.82) is 0 Å². The fourth-order valence-electron chi connectivity index (χ4n) is 1.18. The summed E-state index contributed by atoms with van der Waals surface area (Å²) in [4.78, 5) is 11.2. The molecular formula is C8H14N4O3S. The third-order valence-corrected chi connectivity index (χ3v) is 3.70. The Balaban J connectivity index is 2.89. The molecule has 1 rings (SSSR count). The normalized spacial score (nSPS) is 13.4. The van der Waals surface area contributed by atoms with Gasteiger partial charge in [-0.05, 0) is 13.8 Å². The van der Waals surface area contributed by atoms with Crippen LogP contribution >= 0.6 is 0 Å². The van der Waals surface area contributed by atoms with Gasteiger partial charge in [0.15, 0.2) is 0 Å². The number of nitrogens with one attached hydrogen (secondary N) is 3. The van der Waals surface area contributed by atoms with Crippen LogP contribution in [0.4, 0.5) is 0 Å². The summed E-state index contributed by atoms with van der Waals surface area (Å²) in [6.07, 6.45) is 1.20. The second kappa shape index (κ2) is 4.62. The number of amides is 1. The van der Waals surface area contributed by atoms with E-state index in [0.717, 1.165) is 0 Å². The van der Waals surface area contributed by atoms with E-state index in [9.17, 15) is 13.2 Å². The molecule has 8 heteroatoms. The Morgan fingerprint density at radius 2 is 2.19 bits per heavy atom. The molecule has 16 heavy (non-hydrogen) atoms. The number of aromatic nitrogens is 2. The summed E-state index contributed by atoms with van der Waals surface area (Å²) in [6.45, 7) is 3.05. The van der Waals surface area contributed by atoms with Crippen LogP contribution in [0.3, 0.4) is 0 Å². The molecule has 1 unspecified atom stereocenters. The van der Waals surface area contributed by atoms with Crippen molar-refractivity contribution in [3.8, 4) is 0 Å². The highest BCUT2D eigenvalue weighted by molar-refractivity contribution is 7.89. The average Bonchev–Trinajstić information content (AvgIpc) is 2.63. The molecule has 0 aliphatic rings. The van der Waals surface area contributed by atoms with Crippen LogP contribution in [0.5, 0.6) is 0 Å². The van der Waals surface area contributed by atoms with Crippen LogP contribution in [0.2, 0.25) is 0 Å². The van der Waals surface area contributed by atoms with Crippen molar-refractivity contribution in [2.45, 2.75) is 24.8 Å². The van der Waals surface area contributed by atoms with Gasteiger partial charge in [0.05, 0.1) is 17.9 Å². The van der Waals surface area contributed by atoms with Crippen molar-refractivity contribution >= 4 is 15.9 Å². The number of aryl methyl sites for hydroxylation is 1. The van der Waals surface area contributed by atoms with Crippen LogP contribution in [-0.2, 0) is 14.8 Å². The van der Waals surface area contributed by atoms with Crippen molar-refractivity contribution in [2.24, 2.45) is 0 Å². The Morgan fingerprint density at radius 3 is 2.62 bits per heavy atom. The maximum Gasteiger partial charge on any atom is 0.244 e. The largest absolute Gasteiger partial charge is 0.358 e. The highest BCUT2D eigenvalue weighted by atomic mass is 32.2. The van der Waals surface area contributed by atoms with Crippen LogP contribution in [0.1, 0.15) is 12.6 Å². The SMILES string of the molecule is CNC(=O)C(C)NS(=O)(=O)c1cn[nH]c1C. The number of carbonyl (C=O) groups is 1. The van der Waals surface area contributed by atoms with E-state index in [-0.39, 0.29) is 4.90 Å². The molecular weight excluding hydrogens is 232 g/mol. The number of carbonyl (C=O) groups excluding carboxylic acids is 1. The quantitative estimate of drug-likeness (QED) is 0.642. The standard InChI is InChI=1S/C8H14N4O3S/c1-5-7(4-10-11-5)16(14,15)12-6(2)8(13)9-3/h4,6,12H,1-3H3,(H,9,13)(H,10,11). The second-order valence-corrected chi connectivity index (χ2v) is 5.00. The number of H-pyrrole nitrogens is 1. The molecule has 1 heterocycles. The van der Waals surface area contributed by atoms with Crippen LogP contribution in [-0.4, -0.2) is 37.6 Å². The fourth-order valence-corrected chi connectivity index (χ4v) is 2.52. The zero-order valence-corrected chi connectivity index (χ0v) is 10.1. The maximum atomic E-state index is 11.8. The van der Waals surface area contributed by atoms with Gasteiger partial charge < -0.3 is 5.32 Å². The Kier molecular flexibility index (Phi) is 3.66. The Morgan fingerprint density at radius 1 is 1.56 bits per heavy atom. The van der Waals surface area contributed by atoms with E-state index in [1.807, 2.05) is 0 Å². The van der Waals surface area contributed by atoms with Crippen molar-refractivity contribution in [3.05, 3.63) is 11.9 Å². The lowest BCUT2D eigenvalue weighted by Crippen LogP contribution is -2.43. The number of nitrogens with zero attached hydrogens (tertiary/aromatic N) is 1. The van der Waals surface area contributed by atoms with Gasteiger partial charge in [-0.3, -0.25) is 9.89 Å². The summed E-state index contributed by atoms with van der Waals surface area (Å²) < 4.78 is 25.8. The lowest BCUT2D eigenvalue weighted by molar-refractivity contribution is -0.121. The first-order valence-electron chi connectivity index (χ1n) is 4.62. The number of likely N-dealkylation sites (N-methyl/N-ethyl adjacent to an activating group) is 1. The van der Waals surface area contributed by atoms with Crippen molar-refractivity contribution in [1.82, 2.24) is 20.2 Å². The van der Waals surface area contributed by atoms with E-state index in [1.165, 1.54) is 20.2 Å². The topological polar surface area (TPSA) is 104 Å². The minimum Gasteiger partial charge on any atom is -0.358 e. The molecule has 1 amide bonds. The van der Waals surface area contributed by atoms with Gasteiger partial charge in [-0.2, -0.15) is 9.82 Å². The maximum absolute atomic E-state index is 11.8. The fraction of sp³-hybridized carbons (Fsp3) is 0.500. The van der Waals surface area contributed by atoms with Gasteiger partial charge in [0, 0.05) is 7.05 Å². The van der Waals surface area contributed by atoms with Crippen molar-refractivity contribution < 1.29 is 13.2 Å². The molecule has 0 aliphatic carbocycles. The first-order valence-corrected chi connectivity index (χ1v) is 6.10. The van der Waals surface area contributed by atoms with Crippen LogP contribution < -0.4 is 10.0 Å². The highest BCUT2D eigenvalue weighted by Crippen LogP contribution is 2.11. The van der Waals surface area contributed by atoms with Crippen molar-refractivity contribution in [3.63, 3.8) is 0 Å². The second-order valence-electron chi connectivity index (χ2n) is 3.32. The van der Waals surface area contributed by atoms with E-state index in [4.69, 9.17) is 0 Å². The number of aromatic amines is 1. The minimum atomic E-state index is -3.71. The first kappa shape index (κ1) is 12.7. The molecule has 0 aliphatic heterocycles. The van der Waals surface area contributed by atoms with Gasteiger partial charge in [0.2, 0.25) is 15.9 Å². The van der Waals surface area contributed by atoms with Crippen molar-refractivity contribution in [2.75, 3.05) is 7.05 Å². The van der Waals surface area contributed by atoms with Crippen LogP contribution in [0.15, 0.2) is 11.1 Å². The number of hydrogen-bond donors (Lipinski definition) is 3. The molecule has 0 radical (unpaired) electrons. The summed E-state index contributed by atoms with van der Waals surface area (Å²) in [6, 6.07) is -0.829. The summed E-state index contributed by atoms with van der Waals surface area (Å²) in [5, 5.41) is 8.49. The highest BCUT2D eigenvalue weighted by Gasteiger charge is 2.23. The number of hydrogen-bond acceptors (Lipinski definition) is 4. The molecule has 1 atom stereocenters. The number of rotatable bonds is 4. The Bertz CT molecular complexity index is 479. The lowest BCUT2D eigenvalue weighted by Gasteiger charge is -2.11. The van der Waals surface area contributed by atoms with Crippen LogP contribution in [0.25, 0.3) is 0 Å². The predicted molar refractivity (Wildman–Crippen MR) is 57.2 cm³/mol. The van der Waals surface area contributed by atoms with E-state index in [2.05, 4.69) is 20.2 Å². The molecule has 1 aromatic heterocycles.